The van der Waals surface area contributed by atoms with Crippen molar-refractivity contribution in [3.63, 3.8) is 0 Å². The van der Waals surface area contributed by atoms with Gasteiger partial charge in [0.15, 0.2) is 0 Å². The van der Waals surface area contributed by atoms with Crippen molar-refractivity contribution in [3.8, 4) is 0 Å². The van der Waals surface area contributed by atoms with Gasteiger partial charge < -0.3 is 15.5 Å². The Hall–Kier alpha value is -2.09. The van der Waals surface area contributed by atoms with Crippen molar-refractivity contribution in [3.05, 3.63) is 29.9 Å². The lowest BCUT2D eigenvalue weighted by molar-refractivity contribution is -0.116. The van der Waals surface area contributed by atoms with E-state index in [4.69, 9.17) is 10.2 Å². The summed E-state index contributed by atoms with van der Waals surface area (Å²) in [7, 11) is 0. The van der Waals surface area contributed by atoms with E-state index in [-0.39, 0.29) is 18.0 Å². The number of benzene rings is 1. The molecule has 2 aromatic rings. The molecular formula is C13H15FN4O2S. The van der Waals surface area contributed by atoms with Gasteiger partial charge in [0.1, 0.15) is 5.82 Å². The fourth-order valence-electron chi connectivity index (χ4n) is 1.58. The zero-order valence-electron chi connectivity index (χ0n) is 11.4. The first-order chi connectivity index (χ1) is 10.0. The Morgan fingerprint density at radius 1 is 1.48 bits per heavy atom. The van der Waals surface area contributed by atoms with E-state index >= 15 is 0 Å². The molecule has 3 N–H and O–H groups in total. The number of aryl methyl sites for hydroxylation is 1. The minimum atomic E-state index is -0.506. The van der Waals surface area contributed by atoms with Crippen LogP contribution in [0, 0.1) is 12.7 Å². The Labute approximate surface area is 125 Å². The second-order valence-corrected chi connectivity index (χ2v) is 5.37. The lowest BCUT2D eigenvalue weighted by Crippen LogP contribution is -2.12. The van der Waals surface area contributed by atoms with Crippen LogP contribution in [0.2, 0.25) is 0 Å². The van der Waals surface area contributed by atoms with E-state index in [0.717, 1.165) is 0 Å². The highest BCUT2D eigenvalue weighted by atomic mass is 32.2. The highest BCUT2D eigenvalue weighted by Crippen LogP contribution is 2.19. The number of anilines is 2. The van der Waals surface area contributed by atoms with Crippen molar-refractivity contribution in [2.24, 2.45) is 0 Å². The van der Waals surface area contributed by atoms with E-state index in [2.05, 4.69) is 15.5 Å². The van der Waals surface area contributed by atoms with Crippen molar-refractivity contribution >= 4 is 29.0 Å². The third-order valence-corrected chi connectivity index (χ3v) is 3.45. The van der Waals surface area contributed by atoms with Crippen molar-refractivity contribution < 1.29 is 13.6 Å². The molecule has 0 unspecified atom stereocenters. The van der Waals surface area contributed by atoms with E-state index in [1.165, 1.54) is 30.0 Å². The number of carbonyl (C=O) groups is 1. The van der Waals surface area contributed by atoms with Gasteiger partial charge in [-0.25, -0.2) is 4.39 Å². The first kappa shape index (κ1) is 15.3. The monoisotopic (exact) mass is 310 g/mol. The van der Waals surface area contributed by atoms with Crippen LogP contribution in [0.3, 0.4) is 0 Å². The number of nitrogens with zero attached hydrogens (tertiary/aromatic N) is 2. The Morgan fingerprint density at radius 3 is 3.00 bits per heavy atom. The van der Waals surface area contributed by atoms with Crippen LogP contribution in [-0.2, 0) is 4.79 Å². The molecule has 0 aliphatic carbocycles. The maximum atomic E-state index is 13.4. The van der Waals surface area contributed by atoms with Crippen molar-refractivity contribution in [2.45, 2.75) is 25.0 Å². The van der Waals surface area contributed by atoms with Crippen LogP contribution >= 0.6 is 11.8 Å². The van der Waals surface area contributed by atoms with Gasteiger partial charge in [-0.05, 0) is 24.6 Å². The third-order valence-electron chi connectivity index (χ3n) is 2.55. The molecular weight excluding hydrogens is 295 g/mol. The Bertz CT molecular complexity index is 632. The number of halogens is 1. The molecule has 0 aliphatic heterocycles. The Morgan fingerprint density at radius 2 is 2.29 bits per heavy atom. The summed E-state index contributed by atoms with van der Waals surface area (Å²) in [5, 5.41) is 10.5. The average molecular weight is 310 g/mol. The van der Waals surface area contributed by atoms with Gasteiger partial charge in [-0.1, -0.05) is 11.8 Å². The van der Waals surface area contributed by atoms with Crippen molar-refractivity contribution in [1.29, 1.82) is 0 Å². The van der Waals surface area contributed by atoms with Gasteiger partial charge >= 0.3 is 0 Å². The number of rotatable bonds is 6. The van der Waals surface area contributed by atoms with Gasteiger partial charge in [-0.3, -0.25) is 4.79 Å². The smallest absolute Gasteiger partial charge is 0.276 e. The largest absolute Gasteiger partial charge is 0.416 e. The zero-order valence-corrected chi connectivity index (χ0v) is 12.2. The standard InChI is InChI=1S/C13H15FN4O2S/c1-8-17-18-13(20-8)21-6-2-3-12(19)16-11-7-9(15)4-5-10(11)14/h4-5,7H,2-3,6,15H2,1H3,(H,16,19). The van der Waals surface area contributed by atoms with Crippen molar-refractivity contribution in [2.75, 3.05) is 16.8 Å². The summed E-state index contributed by atoms with van der Waals surface area (Å²) in [6.07, 6.45) is 0.885. The summed E-state index contributed by atoms with van der Waals surface area (Å²) in [5.41, 5.74) is 6.04. The molecule has 0 saturated heterocycles. The number of aromatic nitrogens is 2. The summed E-state index contributed by atoms with van der Waals surface area (Å²) in [6, 6.07) is 4.05. The minimum Gasteiger partial charge on any atom is -0.416 e. The van der Waals surface area contributed by atoms with Crippen LogP contribution in [-0.4, -0.2) is 21.9 Å². The maximum Gasteiger partial charge on any atom is 0.276 e. The highest BCUT2D eigenvalue weighted by Gasteiger charge is 2.08. The second-order valence-electron chi connectivity index (χ2n) is 4.33. The van der Waals surface area contributed by atoms with Gasteiger partial charge in [-0.2, -0.15) is 0 Å². The molecule has 0 fully saturated rings. The Kier molecular flexibility index (Phi) is 5.15. The van der Waals surface area contributed by atoms with Gasteiger partial charge in [0.05, 0.1) is 5.69 Å². The molecule has 21 heavy (non-hydrogen) atoms. The number of nitrogens with two attached hydrogens (primary N) is 1. The van der Waals surface area contributed by atoms with E-state index in [1.54, 1.807) is 6.92 Å². The maximum absolute atomic E-state index is 13.4. The van der Waals surface area contributed by atoms with Crippen LogP contribution in [0.4, 0.5) is 15.8 Å². The van der Waals surface area contributed by atoms with Gasteiger partial charge in [0.25, 0.3) is 5.22 Å². The highest BCUT2D eigenvalue weighted by molar-refractivity contribution is 7.99. The normalized spacial score (nSPS) is 10.6. The van der Waals surface area contributed by atoms with E-state index in [1.807, 2.05) is 0 Å². The van der Waals surface area contributed by atoms with E-state index in [9.17, 15) is 9.18 Å². The van der Waals surface area contributed by atoms with Crippen LogP contribution in [0.15, 0.2) is 27.8 Å². The van der Waals surface area contributed by atoms with Crippen LogP contribution in [0.5, 0.6) is 0 Å². The summed E-state index contributed by atoms with van der Waals surface area (Å²) >= 11 is 1.38. The van der Waals surface area contributed by atoms with Crippen LogP contribution in [0.1, 0.15) is 18.7 Å². The van der Waals surface area contributed by atoms with Crippen molar-refractivity contribution in [1.82, 2.24) is 10.2 Å². The predicted octanol–water partition coefficient (Wildman–Crippen LogP) is 2.61. The number of nitrogens with one attached hydrogen (secondary N) is 1. The zero-order chi connectivity index (χ0) is 15.2. The summed E-state index contributed by atoms with van der Waals surface area (Å²) in [5.74, 6) is 0.400. The lowest BCUT2D eigenvalue weighted by atomic mass is 10.2. The predicted molar refractivity (Wildman–Crippen MR) is 78.4 cm³/mol. The number of nitrogen functional groups attached to an aromatic ring is 1. The summed E-state index contributed by atoms with van der Waals surface area (Å²) in [4.78, 5) is 11.7. The van der Waals surface area contributed by atoms with Crippen LogP contribution < -0.4 is 11.1 Å². The Balaban J connectivity index is 1.73. The molecule has 1 aromatic heterocycles. The molecule has 8 heteroatoms. The number of hydrogen-bond donors (Lipinski definition) is 2. The molecule has 1 amide bonds. The lowest BCUT2D eigenvalue weighted by Gasteiger charge is -2.06. The van der Waals surface area contributed by atoms with Crippen LogP contribution in [0.25, 0.3) is 0 Å². The first-order valence-electron chi connectivity index (χ1n) is 6.32. The molecule has 1 aromatic carbocycles. The molecule has 6 nitrogen and oxygen atoms in total. The molecule has 0 aliphatic rings. The fourth-order valence-corrected chi connectivity index (χ4v) is 2.32. The summed E-state index contributed by atoms with van der Waals surface area (Å²) < 4.78 is 18.6. The fraction of sp³-hybridized carbons (Fsp3) is 0.308. The molecule has 2 rings (SSSR count). The number of amides is 1. The molecule has 0 saturated carbocycles. The molecule has 112 valence electrons. The quantitative estimate of drug-likeness (QED) is 0.484. The molecule has 0 bridgehead atoms. The summed E-state index contributed by atoms with van der Waals surface area (Å²) in [6.45, 7) is 1.71. The SMILES string of the molecule is Cc1nnc(SCCCC(=O)Nc2cc(N)ccc2F)o1. The van der Waals surface area contributed by atoms with Gasteiger partial charge in [0.2, 0.25) is 11.8 Å². The second kappa shape index (κ2) is 7.07. The minimum absolute atomic E-state index is 0.0974. The number of hydrogen-bond acceptors (Lipinski definition) is 6. The third kappa shape index (κ3) is 4.75. The molecule has 0 atom stereocenters. The molecule has 0 radical (unpaired) electrons. The molecule has 0 spiro atoms. The first-order valence-corrected chi connectivity index (χ1v) is 7.31. The van der Waals surface area contributed by atoms with Gasteiger partial charge in [0, 0.05) is 24.8 Å². The van der Waals surface area contributed by atoms with E-state index < -0.39 is 5.82 Å². The average Bonchev–Trinajstić information content (AvgIpc) is 2.85. The topological polar surface area (TPSA) is 94.0 Å². The molecule has 1 heterocycles. The van der Waals surface area contributed by atoms with E-state index in [0.29, 0.717) is 29.0 Å². The van der Waals surface area contributed by atoms with Gasteiger partial charge in [-0.15, -0.1) is 10.2 Å². The number of thioether (sulfide) groups is 1. The number of carbonyl (C=O) groups excluding carboxylic acids is 1.